The average Bonchev–Trinajstić information content (AvgIpc) is 2.61. The van der Waals surface area contributed by atoms with Crippen molar-refractivity contribution < 1.29 is 9.53 Å². The first kappa shape index (κ1) is 11.4. The molecule has 0 aliphatic heterocycles. The Labute approximate surface area is 88.9 Å². The summed E-state index contributed by atoms with van der Waals surface area (Å²) in [6.07, 6.45) is 1.02. The minimum absolute atomic E-state index is 0.102. The Balaban J connectivity index is 2.60. The second kappa shape index (κ2) is 5.27. The van der Waals surface area contributed by atoms with Gasteiger partial charge in [-0.15, -0.1) is 11.3 Å². The molecule has 0 bridgehead atoms. The van der Waals surface area contributed by atoms with Gasteiger partial charge in [-0.25, -0.2) is 0 Å². The lowest BCUT2D eigenvalue weighted by Crippen LogP contribution is -2.13. The van der Waals surface area contributed by atoms with Gasteiger partial charge >= 0.3 is 0 Å². The molecule has 0 atom stereocenters. The Morgan fingerprint density at radius 2 is 2.29 bits per heavy atom. The molecule has 2 nitrogen and oxygen atoms in total. The first-order valence-electron chi connectivity index (χ1n) is 4.86. The summed E-state index contributed by atoms with van der Waals surface area (Å²) in [5.74, 6) is 0.102. The molecule has 1 aromatic heterocycles. The van der Waals surface area contributed by atoms with E-state index in [9.17, 15) is 4.79 Å². The van der Waals surface area contributed by atoms with Crippen molar-refractivity contribution in [3.8, 4) is 0 Å². The van der Waals surface area contributed by atoms with Crippen LogP contribution in [-0.2, 0) is 11.2 Å². The molecule has 0 aliphatic carbocycles. The van der Waals surface area contributed by atoms with Crippen molar-refractivity contribution in [2.24, 2.45) is 0 Å². The van der Waals surface area contributed by atoms with Gasteiger partial charge in [-0.1, -0.05) is 6.92 Å². The summed E-state index contributed by atoms with van der Waals surface area (Å²) in [5.41, 5.74) is 1.13. The van der Waals surface area contributed by atoms with Crippen LogP contribution in [0.1, 0.15) is 36.0 Å². The molecule has 1 rings (SSSR count). The van der Waals surface area contributed by atoms with Crippen molar-refractivity contribution in [1.82, 2.24) is 0 Å². The van der Waals surface area contributed by atoms with Crippen LogP contribution in [0, 0.1) is 0 Å². The minimum Gasteiger partial charge on any atom is -0.371 e. The molecular weight excluding hydrogens is 196 g/mol. The molecule has 0 saturated heterocycles. The van der Waals surface area contributed by atoms with Crippen molar-refractivity contribution in [3.05, 3.63) is 21.9 Å². The van der Waals surface area contributed by atoms with Crippen LogP contribution < -0.4 is 0 Å². The SMILES string of the molecule is CCc1ccsc1C(=O)COC(C)C. The van der Waals surface area contributed by atoms with Crippen LogP contribution in [0.2, 0.25) is 0 Å². The standard InChI is InChI=1S/C11H16O2S/c1-4-9-5-6-14-11(9)10(12)7-13-8(2)3/h5-6,8H,4,7H2,1-3H3. The number of Topliss-reactive ketones (excluding diaryl/α,β-unsaturated/α-hetero) is 1. The monoisotopic (exact) mass is 212 g/mol. The van der Waals surface area contributed by atoms with Crippen LogP contribution in [0.25, 0.3) is 0 Å². The highest BCUT2D eigenvalue weighted by Crippen LogP contribution is 2.18. The summed E-state index contributed by atoms with van der Waals surface area (Å²) in [7, 11) is 0. The van der Waals surface area contributed by atoms with Crippen molar-refractivity contribution in [1.29, 1.82) is 0 Å². The minimum atomic E-state index is 0.102. The second-order valence-corrected chi connectivity index (χ2v) is 4.33. The number of ketones is 1. The largest absolute Gasteiger partial charge is 0.371 e. The highest BCUT2D eigenvalue weighted by Gasteiger charge is 2.12. The summed E-state index contributed by atoms with van der Waals surface area (Å²) in [6, 6.07) is 2.01. The molecular formula is C11H16O2S. The Bertz CT molecular complexity index is 302. The van der Waals surface area contributed by atoms with Gasteiger partial charge in [0.2, 0.25) is 0 Å². The van der Waals surface area contributed by atoms with Gasteiger partial charge in [0, 0.05) is 0 Å². The summed E-state index contributed by atoms with van der Waals surface area (Å²) in [5, 5.41) is 1.96. The predicted octanol–water partition coefficient (Wildman–Crippen LogP) is 2.92. The lowest BCUT2D eigenvalue weighted by atomic mass is 10.1. The predicted molar refractivity (Wildman–Crippen MR) is 59.1 cm³/mol. The Morgan fingerprint density at radius 1 is 1.57 bits per heavy atom. The van der Waals surface area contributed by atoms with Crippen LogP contribution in [0.3, 0.4) is 0 Å². The third-order valence-corrected chi connectivity index (χ3v) is 2.93. The number of carbonyl (C=O) groups excluding carboxylic acids is 1. The van der Waals surface area contributed by atoms with Gasteiger partial charge in [-0.3, -0.25) is 4.79 Å². The summed E-state index contributed by atoms with van der Waals surface area (Å²) in [6.45, 7) is 6.12. The van der Waals surface area contributed by atoms with Gasteiger partial charge in [0.1, 0.15) is 6.61 Å². The third kappa shape index (κ3) is 2.93. The lowest BCUT2D eigenvalue weighted by Gasteiger charge is -2.06. The molecule has 0 radical (unpaired) electrons. The van der Waals surface area contributed by atoms with Gasteiger partial charge < -0.3 is 4.74 Å². The topological polar surface area (TPSA) is 26.3 Å². The molecule has 0 saturated carbocycles. The number of thiophene rings is 1. The maximum atomic E-state index is 11.7. The lowest BCUT2D eigenvalue weighted by molar-refractivity contribution is 0.0587. The van der Waals surface area contributed by atoms with Gasteiger partial charge in [0.05, 0.1) is 11.0 Å². The van der Waals surface area contributed by atoms with Crippen molar-refractivity contribution in [2.75, 3.05) is 6.61 Å². The zero-order chi connectivity index (χ0) is 10.6. The first-order chi connectivity index (χ1) is 6.65. The van der Waals surface area contributed by atoms with E-state index in [4.69, 9.17) is 4.74 Å². The van der Waals surface area contributed by atoms with E-state index in [1.807, 2.05) is 25.3 Å². The van der Waals surface area contributed by atoms with E-state index in [-0.39, 0.29) is 18.5 Å². The summed E-state index contributed by atoms with van der Waals surface area (Å²) in [4.78, 5) is 12.5. The first-order valence-corrected chi connectivity index (χ1v) is 5.74. The van der Waals surface area contributed by atoms with E-state index in [0.717, 1.165) is 16.9 Å². The molecule has 0 spiro atoms. The number of rotatable bonds is 5. The molecule has 0 N–H and O–H groups in total. The van der Waals surface area contributed by atoms with E-state index >= 15 is 0 Å². The van der Waals surface area contributed by atoms with Crippen LogP contribution in [-0.4, -0.2) is 18.5 Å². The van der Waals surface area contributed by atoms with Crippen molar-refractivity contribution >= 4 is 17.1 Å². The number of carbonyl (C=O) groups is 1. The molecule has 3 heteroatoms. The zero-order valence-corrected chi connectivity index (χ0v) is 9.69. The Morgan fingerprint density at radius 3 is 2.86 bits per heavy atom. The number of hydrogen-bond acceptors (Lipinski definition) is 3. The number of aryl methyl sites for hydroxylation is 1. The molecule has 1 aromatic rings. The smallest absolute Gasteiger partial charge is 0.198 e. The quantitative estimate of drug-likeness (QED) is 0.701. The molecule has 0 unspecified atom stereocenters. The molecule has 0 fully saturated rings. The van der Waals surface area contributed by atoms with E-state index < -0.39 is 0 Å². The van der Waals surface area contributed by atoms with Gasteiger partial charge in [-0.2, -0.15) is 0 Å². The Hall–Kier alpha value is -0.670. The maximum absolute atomic E-state index is 11.7. The van der Waals surface area contributed by atoms with Gasteiger partial charge in [0.15, 0.2) is 5.78 Å². The van der Waals surface area contributed by atoms with E-state index in [1.54, 1.807) is 0 Å². The highest BCUT2D eigenvalue weighted by molar-refractivity contribution is 7.12. The van der Waals surface area contributed by atoms with Gasteiger partial charge in [-0.05, 0) is 37.3 Å². The van der Waals surface area contributed by atoms with E-state index in [1.165, 1.54) is 11.3 Å². The normalized spacial score (nSPS) is 10.9. The molecule has 0 aromatic carbocycles. The van der Waals surface area contributed by atoms with Crippen LogP contribution >= 0.6 is 11.3 Å². The molecule has 0 aliphatic rings. The van der Waals surface area contributed by atoms with Gasteiger partial charge in [0.25, 0.3) is 0 Å². The third-order valence-electron chi connectivity index (χ3n) is 1.93. The van der Waals surface area contributed by atoms with Crippen molar-refractivity contribution in [3.63, 3.8) is 0 Å². The van der Waals surface area contributed by atoms with Crippen LogP contribution in [0.4, 0.5) is 0 Å². The molecule has 1 heterocycles. The summed E-state index contributed by atoms with van der Waals surface area (Å²) < 4.78 is 5.28. The van der Waals surface area contributed by atoms with E-state index in [0.29, 0.717) is 0 Å². The fraction of sp³-hybridized carbons (Fsp3) is 0.545. The van der Waals surface area contributed by atoms with E-state index in [2.05, 4.69) is 6.92 Å². The fourth-order valence-corrected chi connectivity index (χ4v) is 2.09. The number of ether oxygens (including phenoxy) is 1. The van der Waals surface area contributed by atoms with Crippen LogP contribution in [0.5, 0.6) is 0 Å². The molecule has 0 amide bonds. The Kier molecular flexibility index (Phi) is 4.29. The second-order valence-electron chi connectivity index (χ2n) is 3.41. The number of hydrogen-bond donors (Lipinski definition) is 0. The maximum Gasteiger partial charge on any atom is 0.198 e. The summed E-state index contributed by atoms with van der Waals surface area (Å²) >= 11 is 1.50. The zero-order valence-electron chi connectivity index (χ0n) is 8.87. The fourth-order valence-electron chi connectivity index (χ4n) is 1.17. The molecule has 14 heavy (non-hydrogen) atoms. The molecule has 78 valence electrons. The average molecular weight is 212 g/mol. The highest BCUT2D eigenvalue weighted by atomic mass is 32.1. The van der Waals surface area contributed by atoms with Crippen molar-refractivity contribution in [2.45, 2.75) is 33.3 Å². The van der Waals surface area contributed by atoms with Crippen LogP contribution in [0.15, 0.2) is 11.4 Å².